The third-order valence-electron chi connectivity index (χ3n) is 5.78. The quantitative estimate of drug-likeness (QED) is 0.434. The lowest BCUT2D eigenvalue weighted by atomic mass is 10.1. The average Bonchev–Trinajstić information content (AvgIpc) is 3.40. The molecule has 0 atom stereocenters. The summed E-state index contributed by atoms with van der Waals surface area (Å²) in [5.74, 6) is 6.11. The predicted octanol–water partition coefficient (Wildman–Crippen LogP) is 5.12. The average molecular weight is 455 g/mol. The normalized spacial score (nSPS) is 14.6. The van der Waals surface area contributed by atoms with Crippen molar-refractivity contribution in [2.45, 2.75) is 25.9 Å². The van der Waals surface area contributed by atoms with E-state index in [0.29, 0.717) is 36.2 Å². The molecular weight excluding hydrogens is 436 g/mol. The summed E-state index contributed by atoms with van der Waals surface area (Å²) in [7, 11) is 0. The zero-order valence-electron chi connectivity index (χ0n) is 18.1. The number of nitrogens with zero attached hydrogens (tertiary/aromatic N) is 4. The molecule has 0 unspecified atom stereocenters. The van der Waals surface area contributed by atoms with Crippen LogP contribution in [0.15, 0.2) is 58.2 Å². The Labute approximate surface area is 194 Å². The molecule has 1 saturated carbocycles. The Morgan fingerprint density at radius 3 is 2.79 bits per heavy atom. The molecule has 0 spiro atoms. The number of benzene rings is 2. The summed E-state index contributed by atoms with van der Waals surface area (Å²) >= 11 is 0. The van der Waals surface area contributed by atoms with Gasteiger partial charge < -0.3 is 9.51 Å². The van der Waals surface area contributed by atoms with Crippen molar-refractivity contribution in [3.05, 3.63) is 82.9 Å². The second-order valence-electron chi connectivity index (χ2n) is 8.41. The van der Waals surface area contributed by atoms with Crippen LogP contribution in [0.3, 0.4) is 0 Å². The second kappa shape index (κ2) is 8.27. The molecule has 6 nitrogen and oxygen atoms in total. The first-order valence-corrected chi connectivity index (χ1v) is 11.0. The summed E-state index contributed by atoms with van der Waals surface area (Å²) in [6.45, 7) is 0.786. The van der Waals surface area contributed by atoms with E-state index in [9.17, 15) is 8.78 Å². The molecule has 0 radical (unpaired) electrons. The van der Waals surface area contributed by atoms with Crippen molar-refractivity contribution in [1.82, 2.24) is 20.1 Å². The minimum Gasteiger partial charge on any atom is -0.359 e. The van der Waals surface area contributed by atoms with E-state index >= 15 is 0 Å². The van der Waals surface area contributed by atoms with Gasteiger partial charge in [0.25, 0.3) is 0 Å². The molecule has 2 aliphatic rings. The molecule has 1 aliphatic heterocycles. The maximum absolute atomic E-state index is 14.1. The van der Waals surface area contributed by atoms with Crippen LogP contribution in [-0.4, -0.2) is 26.3 Å². The smallest absolute Gasteiger partial charge is 0.169 e. The van der Waals surface area contributed by atoms with Crippen molar-refractivity contribution in [3.8, 4) is 34.5 Å². The molecular formula is C26H19F2N5O. The molecule has 6 rings (SSSR count). The third-order valence-corrected chi connectivity index (χ3v) is 5.78. The Balaban J connectivity index is 1.14. The van der Waals surface area contributed by atoms with E-state index in [2.05, 4.69) is 32.1 Å². The molecule has 2 aromatic heterocycles. The van der Waals surface area contributed by atoms with Gasteiger partial charge in [0.15, 0.2) is 17.4 Å². The van der Waals surface area contributed by atoms with E-state index in [0.717, 1.165) is 22.9 Å². The summed E-state index contributed by atoms with van der Waals surface area (Å²) in [5, 5.41) is 10.4. The number of hydrazone groups is 1. The number of halogens is 2. The number of hydrogen-bond acceptors (Lipinski definition) is 5. The van der Waals surface area contributed by atoms with Gasteiger partial charge in [-0.3, -0.25) is 5.01 Å². The van der Waals surface area contributed by atoms with Gasteiger partial charge in [-0.25, -0.2) is 13.8 Å². The lowest BCUT2D eigenvalue weighted by Gasteiger charge is -2.19. The maximum Gasteiger partial charge on any atom is 0.169 e. The zero-order chi connectivity index (χ0) is 23.1. The molecule has 1 aliphatic carbocycles. The molecule has 168 valence electrons. The summed E-state index contributed by atoms with van der Waals surface area (Å²) in [6, 6.07) is 13.9. The first-order valence-electron chi connectivity index (χ1n) is 11.0. The van der Waals surface area contributed by atoms with E-state index < -0.39 is 11.6 Å². The van der Waals surface area contributed by atoms with Crippen LogP contribution in [0.25, 0.3) is 22.6 Å². The highest BCUT2D eigenvalue weighted by Crippen LogP contribution is 2.28. The lowest BCUT2D eigenvalue weighted by molar-refractivity contribution is 0.229. The maximum atomic E-state index is 14.1. The van der Waals surface area contributed by atoms with Crippen LogP contribution in [0.1, 0.15) is 35.6 Å². The fourth-order valence-electron chi connectivity index (χ4n) is 3.76. The van der Waals surface area contributed by atoms with Crippen molar-refractivity contribution < 1.29 is 13.3 Å². The summed E-state index contributed by atoms with van der Waals surface area (Å²) < 4.78 is 33.3. The predicted molar refractivity (Wildman–Crippen MR) is 122 cm³/mol. The van der Waals surface area contributed by atoms with E-state index in [1.807, 2.05) is 30.3 Å². The van der Waals surface area contributed by atoms with Crippen molar-refractivity contribution >= 4 is 6.21 Å². The van der Waals surface area contributed by atoms with Gasteiger partial charge in [-0.15, -0.1) is 0 Å². The van der Waals surface area contributed by atoms with E-state index in [4.69, 9.17) is 4.52 Å². The standard InChI is InChI=1S/C26H19F2N5O/c27-21-3-1-2-20(25(21)28)26-30-23-13-29-33(15-24(23)31-26)14-19-12-22(32-34-19)18-10-8-17(9-11-18)7-6-16-4-5-16/h1-3,8-13,16H,4-5,14-15H2,(H,30,31). The minimum absolute atomic E-state index is 0.0822. The van der Waals surface area contributed by atoms with Gasteiger partial charge in [0.1, 0.15) is 11.5 Å². The first kappa shape index (κ1) is 20.4. The Morgan fingerprint density at radius 1 is 1.12 bits per heavy atom. The third kappa shape index (κ3) is 4.08. The fraction of sp³-hybridized carbons (Fsp3) is 0.192. The number of aromatic amines is 1. The van der Waals surface area contributed by atoms with E-state index in [-0.39, 0.29) is 11.4 Å². The number of imidazole rings is 1. The Morgan fingerprint density at radius 2 is 1.97 bits per heavy atom. The van der Waals surface area contributed by atoms with Gasteiger partial charge in [-0.2, -0.15) is 5.10 Å². The summed E-state index contributed by atoms with van der Waals surface area (Å²) in [4.78, 5) is 7.47. The number of aromatic nitrogens is 3. The van der Waals surface area contributed by atoms with Crippen LogP contribution < -0.4 is 0 Å². The first-order chi connectivity index (χ1) is 16.6. The van der Waals surface area contributed by atoms with Crippen molar-refractivity contribution in [3.63, 3.8) is 0 Å². The van der Waals surface area contributed by atoms with E-state index in [1.165, 1.54) is 25.0 Å². The van der Waals surface area contributed by atoms with Gasteiger partial charge in [-0.05, 0) is 37.1 Å². The van der Waals surface area contributed by atoms with Gasteiger partial charge in [-0.1, -0.05) is 35.2 Å². The Bertz CT molecular complexity index is 1450. The zero-order valence-corrected chi connectivity index (χ0v) is 18.1. The molecule has 2 aromatic carbocycles. The highest BCUT2D eigenvalue weighted by atomic mass is 19.2. The summed E-state index contributed by atoms with van der Waals surface area (Å²) in [5.41, 5.74) is 4.12. The summed E-state index contributed by atoms with van der Waals surface area (Å²) in [6.07, 6.45) is 4.04. The molecule has 1 fully saturated rings. The number of hydrogen-bond donors (Lipinski definition) is 1. The highest BCUT2D eigenvalue weighted by Gasteiger charge is 2.21. The molecule has 3 heterocycles. The molecule has 1 N–H and O–H groups in total. The lowest BCUT2D eigenvalue weighted by Crippen LogP contribution is -2.21. The molecule has 0 amide bonds. The van der Waals surface area contributed by atoms with Crippen molar-refractivity contribution in [1.29, 1.82) is 0 Å². The fourth-order valence-corrected chi connectivity index (χ4v) is 3.76. The monoisotopic (exact) mass is 455 g/mol. The van der Waals surface area contributed by atoms with Crippen molar-refractivity contribution in [2.24, 2.45) is 11.0 Å². The molecule has 8 heteroatoms. The molecule has 4 aromatic rings. The number of nitrogens with one attached hydrogen (secondary N) is 1. The molecule has 0 saturated heterocycles. The second-order valence-corrected chi connectivity index (χ2v) is 8.41. The Hall–Kier alpha value is -4.25. The number of H-pyrrole nitrogens is 1. The highest BCUT2D eigenvalue weighted by molar-refractivity contribution is 5.80. The van der Waals surface area contributed by atoms with Gasteiger partial charge in [0.2, 0.25) is 0 Å². The van der Waals surface area contributed by atoms with Gasteiger partial charge >= 0.3 is 0 Å². The van der Waals surface area contributed by atoms with Crippen LogP contribution >= 0.6 is 0 Å². The van der Waals surface area contributed by atoms with Crippen LogP contribution in [0.5, 0.6) is 0 Å². The topological polar surface area (TPSA) is 70.3 Å². The van der Waals surface area contributed by atoms with Crippen LogP contribution in [0, 0.1) is 29.4 Å². The van der Waals surface area contributed by atoms with E-state index in [1.54, 1.807) is 11.2 Å². The van der Waals surface area contributed by atoms with Crippen LogP contribution in [0.4, 0.5) is 8.78 Å². The van der Waals surface area contributed by atoms with Gasteiger partial charge in [0, 0.05) is 23.1 Å². The molecule has 34 heavy (non-hydrogen) atoms. The SMILES string of the molecule is Fc1cccc(-c2nc3c([nH]2)C=NN(Cc2cc(-c4ccc(C#CC5CC5)cc4)no2)C3)c1F. The largest absolute Gasteiger partial charge is 0.359 e. The Kier molecular flexibility index (Phi) is 4.95. The number of rotatable bonds is 4. The number of fused-ring (bicyclic) bond motifs is 1. The van der Waals surface area contributed by atoms with Crippen LogP contribution in [0.2, 0.25) is 0 Å². The van der Waals surface area contributed by atoms with Crippen molar-refractivity contribution in [2.75, 3.05) is 0 Å². The van der Waals surface area contributed by atoms with Gasteiger partial charge in [0.05, 0.1) is 36.3 Å². The molecule has 0 bridgehead atoms. The van der Waals surface area contributed by atoms with Crippen LogP contribution in [-0.2, 0) is 13.1 Å². The minimum atomic E-state index is -0.931.